The minimum absolute atomic E-state index is 0.137. The van der Waals surface area contributed by atoms with Crippen molar-refractivity contribution in [3.63, 3.8) is 0 Å². The summed E-state index contributed by atoms with van der Waals surface area (Å²) in [5, 5.41) is 3.06. The molecule has 22 heavy (non-hydrogen) atoms. The van der Waals surface area contributed by atoms with E-state index in [9.17, 15) is 4.79 Å². The second-order valence-corrected chi connectivity index (χ2v) is 7.51. The summed E-state index contributed by atoms with van der Waals surface area (Å²) < 4.78 is 5.97. The number of likely N-dealkylation sites (tertiary alicyclic amines) is 1. The van der Waals surface area contributed by atoms with Gasteiger partial charge in [-0.3, -0.25) is 4.79 Å². The molecule has 3 rings (SSSR count). The van der Waals surface area contributed by atoms with Crippen molar-refractivity contribution in [3.05, 3.63) is 16.6 Å². The van der Waals surface area contributed by atoms with E-state index >= 15 is 0 Å². The first kappa shape index (κ1) is 15.9. The molecule has 2 heterocycles. The summed E-state index contributed by atoms with van der Waals surface area (Å²) in [5.41, 5.74) is 0. The number of amides is 1. The van der Waals surface area contributed by atoms with Crippen LogP contribution in [-0.4, -0.2) is 35.0 Å². The van der Waals surface area contributed by atoms with Crippen LogP contribution in [0.2, 0.25) is 0 Å². The van der Waals surface area contributed by atoms with Gasteiger partial charge in [0.1, 0.15) is 11.6 Å². The van der Waals surface area contributed by atoms with Gasteiger partial charge in [-0.05, 0) is 38.0 Å². The first-order chi connectivity index (χ1) is 10.8. The number of nitrogens with zero attached hydrogens (tertiary/aromatic N) is 2. The highest BCUT2D eigenvalue weighted by atomic mass is 32.1. The number of carbonyl (C=O) groups excluding carboxylic acids is 1. The quantitative estimate of drug-likeness (QED) is 0.847. The number of carbonyl (C=O) groups is 1. The smallest absolute Gasteiger partial charge is 0.249 e. The molecule has 5 heteroatoms. The van der Waals surface area contributed by atoms with Gasteiger partial charge in [-0.15, -0.1) is 11.3 Å². The number of aromatic nitrogens is 1. The van der Waals surface area contributed by atoms with E-state index in [1.54, 1.807) is 11.3 Å². The van der Waals surface area contributed by atoms with E-state index in [1.807, 2.05) is 16.5 Å². The van der Waals surface area contributed by atoms with Gasteiger partial charge in [0.25, 0.3) is 0 Å². The van der Waals surface area contributed by atoms with Crippen LogP contribution in [0.3, 0.4) is 0 Å². The third-order valence-corrected chi connectivity index (χ3v) is 5.89. The lowest BCUT2D eigenvalue weighted by molar-refractivity contribution is -0.144. The Morgan fingerprint density at radius 2 is 2.14 bits per heavy atom. The lowest BCUT2D eigenvalue weighted by Gasteiger charge is -2.35. The molecule has 122 valence electrons. The van der Waals surface area contributed by atoms with Crippen molar-refractivity contribution in [2.75, 3.05) is 13.2 Å². The molecule has 1 saturated carbocycles. The molecule has 0 spiro atoms. The summed E-state index contributed by atoms with van der Waals surface area (Å²) in [5.74, 6) is 0.718. The Bertz CT molecular complexity index is 477. The van der Waals surface area contributed by atoms with Gasteiger partial charge in [-0.25, -0.2) is 4.98 Å². The highest BCUT2D eigenvalue weighted by Gasteiger charge is 2.30. The summed E-state index contributed by atoms with van der Waals surface area (Å²) in [7, 11) is 0. The molecule has 0 bridgehead atoms. The summed E-state index contributed by atoms with van der Waals surface area (Å²) in [6.07, 6.45) is 10.2. The molecule has 1 aliphatic carbocycles. The number of piperidine rings is 1. The second kappa shape index (κ2) is 7.55. The zero-order valence-corrected chi connectivity index (χ0v) is 14.2. The van der Waals surface area contributed by atoms with Crippen LogP contribution in [0.1, 0.15) is 62.9 Å². The molecule has 1 saturated heterocycles. The fourth-order valence-corrected chi connectivity index (χ4v) is 4.46. The second-order valence-electron chi connectivity index (χ2n) is 6.58. The van der Waals surface area contributed by atoms with E-state index in [4.69, 9.17) is 4.74 Å². The van der Waals surface area contributed by atoms with Crippen LogP contribution in [0, 0.1) is 5.92 Å². The third-order valence-electron chi connectivity index (χ3n) is 5.01. The lowest BCUT2D eigenvalue weighted by Crippen LogP contribution is -2.41. The van der Waals surface area contributed by atoms with Gasteiger partial charge in [-0.2, -0.15) is 0 Å². The van der Waals surface area contributed by atoms with Crippen molar-refractivity contribution in [1.82, 2.24) is 9.88 Å². The SMILES string of the molecule is CC1CCCCC1OCC(=O)N1CCCCC1c1nccs1. The Labute approximate surface area is 136 Å². The Morgan fingerprint density at radius 1 is 1.32 bits per heavy atom. The van der Waals surface area contributed by atoms with Gasteiger partial charge in [-0.1, -0.05) is 19.8 Å². The largest absolute Gasteiger partial charge is 0.368 e. The van der Waals surface area contributed by atoms with Crippen molar-refractivity contribution in [1.29, 1.82) is 0 Å². The fraction of sp³-hybridized carbons (Fsp3) is 0.765. The average molecular weight is 322 g/mol. The van der Waals surface area contributed by atoms with E-state index in [0.717, 1.165) is 30.8 Å². The molecule has 1 aromatic heterocycles. The molecule has 0 aromatic carbocycles. The van der Waals surface area contributed by atoms with Crippen molar-refractivity contribution >= 4 is 17.2 Å². The predicted molar refractivity (Wildman–Crippen MR) is 87.8 cm³/mol. The molecule has 1 amide bonds. The molecule has 1 aromatic rings. The van der Waals surface area contributed by atoms with Crippen LogP contribution in [0.5, 0.6) is 0 Å². The molecule has 2 aliphatic rings. The zero-order valence-electron chi connectivity index (χ0n) is 13.4. The van der Waals surface area contributed by atoms with Crippen LogP contribution >= 0.6 is 11.3 Å². The molecule has 1 aliphatic heterocycles. The van der Waals surface area contributed by atoms with E-state index in [-0.39, 0.29) is 24.7 Å². The van der Waals surface area contributed by atoms with Crippen molar-refractivity contribution < 1.29 is 9.53 Å². The first-order valence-corrected chi connectivity index (χ1v) is 9.44. The monoisotopic (exact) mass is 322 g/mol. The number of hydrogen-bond donors (Lipinski definition) is 0. The summed E-state index contributed by atoms with van der Waals surface area (Å²) in [6, 6.07) is 0.161. The number of rotatable bonds is 4. The first-order valence-electron chi connectivity index (χ1n) is 8.56. The van der Waals surface area contributed by atoms with Crippen molar-refractivity contribution in [3.8, 4) is 0 Å². The minimum Gasteiger partial charge on any atom is -0.368 e. The van der Waals surface area contributed by atoms with Crippen LogP contribution in [0.4, 0.5) is 0 Å². The van der Waals surface area contributed by atoms with Crippen LogP contribution in [0.15, 0.2) is 11.6 Å². The van der Waals surface area contributed by atoms with Gasteiger partial charge >= 0.3 is 0 Å². The molecule has 0 radical (unpaired) electrons. The summed E-state index contributed by atoms with van der Waals surface area (Å²) in [6.45, 7) is 3.32. The molecule has 2 fully saturated rings. The standard InChI is InChI=1S/C17H26N2O2S/c1-13-6-2-3-8-15(13)21-12-16(20)19-10-5-4-7-14(19)17-18-9-11-22-17/h9,11,13-15H,2-8,10,12H2,1H3. The Kier molecular flexibility index (Phi) is 5.47. The minimum atomic E-state index is 0.137. The maximum Gasteiger partial charge on any atom is 0.249 e. The molecular formula is C17H26N2O2S. The van der Waals surface area contributed by atoms with E-state index < -0.39 is 0 Å². The average Bonchev–Trinajstić information content (AvgIpc) is 3.08. The molecule has 3 atom stereocenters. The Hall–Kier alpha value is -0.940. The highest BCUT2D eigenvalue weighted by Crippen LogP contribution is 2.32. The number of thiazole rings is 1. The van der Waals surface area contributed by atoms with Crippen LogP contribution in [-0.2, 0) is 9.53 Å². The topological polar surface area (TPSA) is 42.4 Å². The van der Waals surface area contributed by atoms with Gasteiger partial charge in [0.15, 0.2) is 0 Å². The summed E-state index contributed by atoms with van der Waals surface area (Å²) >= 11 is 1.65. The van der Waals surface area contributed by atoms with Gasteiger partial charge in [0.2, 0.25) is 5.91 Å². The highest BCUT2D eigenvalue weighted by molar-refractivity contribution is 7.09. The van der Waals surface area contributed by atoms with E-state index in [1.165, 1.54) is 25.7 Å². The maximum absolute atomic E-state index is 12.6. The maximum atomic E-state index is 12.6. The van der Waals surface area contributed by atoms with E-state index in [0.29, 0.717) is 5.92 Å². The van der Waals surface area contributed by atoms with Crippen molar-refractivity contribution in [2.45, 2.75) is 64.0 Å². The van der Waals surface area contributed by atoms with Gasteiger partial charge in [0, 0.05) is 18.1 Å². The Balaban J connectivity index is 1.57. The Morgan fingerprint density at radius 3 is 2.91 bits per heavy atom. The molecule has 0 N–H and O–H groups in total. The molecular weight excluding hydrogens is 296 g/mol. The molecule has 4 nitrogen and oxygen atoms in total. The molecule has 3 unspecified atom stereocenters. The fourth-order valence-electron chi connectivity index (χ4n) is 3.68. The summed E-state index contributed by atoms with van der Waals surface area (Å²) in [4.78, 5) is 19.0. The van der Waals surface area contributed by atoms with E-state index in [2.05, 4.69) is 11.9 Å². The van der Waals surface area contributed by atoms with Crippen molar-refractivity contribution in [2.24, 2.45) is 5.92 Å². The number of hydrogen-bond acceptors (Lipinski definition) is 4. The predicted octanol–water partition coefficient (Wildman–Crippen LogP) is 3.79. The van der Waals surface area contributed by atoms with Crippen LogP contribution < -0.4 is 0 Å². The zero-order chi connectivity index (χ0) is 15.4. The third kappa shape index (κ3) is 3.69. The normalized spacial score (nSPS) is 29.5. The van der Waals surface area contributed by atoms with Gasteiger partial charge in [0.05, 0.1) is 12.1 Å². The van der Waals surface area contributed by atoms with Gasteiger partial charge < -0.3 is 9.64 Å². The lowest BCUT2D eigenvalue weighted by atomic mass is 9.88. The number of ether oxygens (including phenoxy) is 1. The van der Waals surface area contributed by atoms with Crippen LogP contribution in [0.25, 0.3) is 0 Å².